The summed E-state index contributed by atoms with van der Waals surface area (Å²) in [5.74, 6) is 0.683. The van der Waals surface area contributed by atoms with Crippen molar-refractivity contribution in [2.45, 2.75) is 6.92 Å². The summed E-state index contributed by atoms with van der Waals surface area (Å²) in [7, 11) is 1.65. The fourth-order valence-electron chi connectivity index (χ4n) is 2.26. The zero-order valence-electron chi connectivity index (χ0n) is 13.8. The van der Waals surface area contributed by atoms with Gasteiger partial charge in [0.2, 0.25) is 0 Å². The molecule has 3 rings (SSSR count). The van der Waals surface area contributed by atoms with Crippen molar-refractivity contribution in [1.29, 1.82) is 0 Å². The van der Waals surface area contributed by atoms with Gasteiger partial charge < -0.3 is 10.1 Å². The number of hydrogen-bond acceptors (Lipinski definition) is 4. The largest absolute Gasteiger partial charge is 0.495 e. The van der Waals surface area contributed by atoms with Crippen LogP contribution in [-0.4, -0.2) is 18.2 Å². The molecule has 2 aromatic rings. The Morgan fingerprint density at radius 2 is 1.92 bits per heavy atom. The summed E-state index contributed by atoms with van der Waals surface area (Å²) in [5, 5.41) is 3.99. The number of carbonyl (C=O) groups is 1. The van der Waals surface area contributed by atoms with Crippen LogP contribution < -0.4 is 10.1 Å². The number of carbonyl (C=O) groups excluding carboxylic acids is 1. The molecule has 0 aromatic heterocycles. The lowest BCUT2D eigenvalue weighted by Gasteiger charge is -2.07. The molecule has 8 heteroatoms. The van der Waals surface area contributed by atoms with Gasteiger partial charge in [-0.3, -0.25) is 4.79 Å². The van der Waals surface area contributed by atoms with E-state index in [-0.39, 0.29) is 5.91 Å². The highest BCUT2D eigenvalue weighted by atomic mass is 127. The van der Waals surface area contributed by atoms with Gasteiger partial charge in [0, 0.05) is 5.02 Å². The molecule has 1 saturated heterocycles. The lowest BCUT2D eigenvalue weighted by molar-refractivity contribution is -0.115. The maximum atomic E-state index is 12.3. The molecule has 1 fully saturated rings. The molecule has 1 heterocycles. The number of rotatable bonds is 3. The minimum atomic E-state index is -0.159. The summed E-state index contributed by atoms with van der Waals surface area (Å²) in [6, 6.07) is 9.53. The highest BCUT2D eigenvalue weighted by molar-refractivity contribution is 14.1. The summed E-state index contributed by atoms with van der Waals surface area (Å²) >= 11 is 11.9. The molecular weight excluding hydrogens is 598 g/mol. The maximum absolute atomic E-state index is 12.3. The van der Waals surface area contributed by atoms with Gasteiger partial charge in [0.05, 0.1) is 24.8 Å². The van der Waals surface area contributed by atoms with E-state index in [1.54, 1.807) is 13.2 Å². The van der Waals surface area contributed by atoms with E-state index in [4.69, 9.17) is 16.3 Å². The minimum Gasteiger partial charge on any atom is -0.495 e. The topological polar surface area (TPSA) is 50.7 Å². The third-order valence-electron chi connectivity index (χ3n) is 3.56. The number of ether oxygens (including phenoxy) is 1. The zero-order chi connectivity index (χ0) is 18.8. The van der Waals surface area contributed by atoms with Gasteiger partial charge in [-0.1, -0.05) is 17.7 Å². The number of amides is 1. The van der Waals surface area contributed by atoms with Crippen LogP contribution in [-0.2, 0) is 4.79 Å². The second kappa shape index (κ2) is 8.49. The van der Waals surface area contributed by atoms with Crippen molar-refractivity contribution in [1.82, 2.24) is 5.32 Å². The number of benzene rings is 2. The second-order valence-corrected chi connectivity index (χ2v) is 9.20. The number of thioether (sulfide) groups is 1. The van der Waals surface area contributed by atoms with Crippen LogP contribution >= 0.6 is 68.5 Å². The van der Waals surface area contributed by atoms with Crippen LogP contribution in [0.25, 0.3) is 6.08 Å². The normalized spacial score (nSPS) is 17.0. The number of amidine groups is 1. The standard InChI is InChI=1S/C18H13ClI2N2O2S/c1-9-3-4-11(8-12(9)19)22-18-23-17(24)15(26-18)7-10-5-13(20)16(25-2)14(21)6-10/h3-8H,1-2H3,(H,22,23,24)/b15-7-. The minimum absolute atomic E-state index is 0.159. The molecule has 0 saturated carbocycles. The van der Waals surface area contributed by atoms with Gasteiger partial charge in [-0.15, -0.1) is 0 Å². The molecule has 0 unspecified atom stereocenters. The number of nitrogens with one attached hydrogen (secondary N) is 1. The number of aliphatic imine (C=N–C) groups is 1. The summed E-state index contributed by atoms with van der Waals surface area (Å²) in [4.78, 5) is 17.3. The van der Waals surface area contributed by atoms with Gasteiger partial charge in [-0.05, 0) is 105 Å². The highest BCUT2D eigenvalue weighted by Gasteiger charge is 2.24. The van der Waals surface area contributed by atoms with Gasteiger partial charge >= 0.3 is 0 Å². The number of hydrogen-bond donors (Lipinski definition) is 1. The Morgan fingerprint density at radius 3 is 2.54 bits per heavy atom. The highest BCUT2D eigenvalue weighted by Crippen LogP contribution is 2.32. The first kappa shape index (κ1) is 20.0. The maximum Gasteiger partial charge on any atom is 0.264 e. The van der Waals surface area contributed by atoms with Crippen LogP contribution in [0, 0.1) is 14.1 Å². The van der Waals surface area contributed by atoms with E-state index in [1.165, 1.54) is 11.8 Å². The van der Waals surface area contributed by atoms with Crippen LogP contribution in [0.1, 0.15) is 11.1 Å². The smallest absolute Gasteiger partial charge is 0.264 e. The molecule has 2 aromatic carbocycles. The van der Waals surface area contributed by atoms with E-state index in [0.717, 1.165) is 24.0 Å². The van der Waals surface area contributed by atoms with Crippen molar-refractivity contribution in [2.24, 2.45) is 4.99 Å². The fourth-order valence-corrected chi connectivity index (χ4v) is 5.53. The summed E-state index contributed by atoms with van der Waals surface area (Å²) in [6.07, 6.45) is 1.86. The van der Waals surface area contributed by atoms with Crippen molar-refractivity contribution in [3.05, 3.63) is 58.5 Å². The summed E-state index contributed by atoms with van der Waals surface area (Å²) in [6.45, 7) is 1.93. The Kier molecular flexibility index (Phi) is 6.52. The average molecular weight is 611 g/mol. The van der Waals surface area contributed by atoms with E-state index in [1.807, 2.05) is 37.3 Å². The Morgan fingerprint density at radius 1 is 1.23 bits per heavy atom. The van der Waals surface area contributed by atoms with E-state index in [0.29, 0.717) is 20.8 Å². The summed E-state index contributed by atoms with van der Waals surface area (Å²) < 4.78 is 7.36. The van der Waals surface area contributed by atoms with Crippen molar-refractivity contribution in [2.75, 3.05) is 7.11 Å². The van der Waals surface area contributed by atoms with Gasteiger partial charge in [0.15, 0.2) is 5.17 Å². The molecule has 1 N–H and O–H groups in total. The molecule has 0 atom stereocenters. The monoisotopic (exact) mass is 610 g/mol. The number of methoxy groups -OCH3 is 1. The van der Waals surface area contributed by atoms with Crippen LogP contribution in [0.4, 0.5) is 5.69 Å². The van der Waals surface area contributed by atoms with Crippen molar-refractivity contribution >= 4 is 91.4 Å². The Hall–Kier alpha value is -0.780. The summed E-state index contributed by atoms with van der Waals surface area (Å²) in [5.41, 5.74) is 2.64. The van der Waals surface area contributed by atoms with E-state index in [9.17, 15) is 4.79 Å². The van der Waals surface area contributed by atoms with Crippen LogP contribution in [0.2, 0.25) is 5.02 Å². The molecule has 4 nitrogen and oxygen atoms in total. The number of aryl methyl sites for hydroxylation is 1. The molecule has 26 heavy (non-hydrogen) atoms. The molecule has 1 aliphatic heterocycles. The average Bonchev–Trinajstić information content (AvgIpc) is 2.90. The van der Waals surface area contributed by atoms with Gasteiger partial charge in [-0.2, -0.15) is 0 Å². The fraction of sp³-hybridized carbons (Fsp3) is 0.111. The number of nitrogens with zero attached hydrogens (tertiary/aromatic N) is 1. The van der Waals surface area contributed by atoms with Crippen LogP contribution in [0.5, 0.6) is 5.75 Å². The first-order chi connectivity index (χ1) is 12.4. The second-order valence-electron chi connectivity index (χ2n) is 5.43. The van der Waals surface area contributed by atoms with E-state index >= 15 is 0 Å². The SMILES string of the molecule is COc1c(I)cc(/C=C2\SC(=Nc3ccc(C)c(Cl)c3)NC2=O)cc1I. The molecule has 0 bridgehead atoms. The lowest BCUT2D eigenvalue weighted by atomic mass is 10.2. The third kappa shape index (κ3) is 4.55. The quantitative estimate of drug-likeness (QED) is 0.356. The van der Waals surface area contributed by atoms with Crippen molar-refractivity contribution in [3.8, 4) is 5.75 Å². The molecule has 1 aliphatic rings. The van der Waals surface area contributed by atoms with Crippen molar-refractivity contribution in [3.63, 3.8) is 0 Å². The van der Waals surface area contributed by atoms with E-state index in [2.05, 4.69) is 55.5 Å². The number of halogens is 3. The Labute approximate surface area is 188 Å². The van der Waals surface area contributed by atoms with Crippen LogP contribution in [0.3, 0.4) is 0 Å². The molecule has 0 radical (unpaired) electrons. The molecule has 1 amide bonds. The van der Waals surface area contributed by atoms with Gasteiger partial charge in [0.1, 0.15) is 5.75 Å². The third-order valence-corrected chi connectivity index (χ3v) is 6.48. The lowest BCUT2D eigenvalue weighted by Crippen LogP contribution is -2.19. The Bertz CT molecular complexity index is 937. The molecule has 0 aliphatic carbocycles. The van der Waals surface area contributed by atoms with Gasteiger partial charge in [-0.25, -0.2) is 4.99 Å². The predicted octanol–water partition coefficient (Wildman–Crippen LogP) is 5.76. The first-order valence-corrected chi connectivity index (χ1v) is 10.8. The predicted molar refractivity (Wildman–Crippen MR) is 125 cm³/mol. The van der Waals surface area contributed by atoms with Gasteiger partial charge in [0.25, 0.3) is 5.91 Å². The molecule has 0 spiro atoms. The molecular formula is C18H13ClI2N2O2S. The first-order valence-electron chi connectivity index (χ1n) is 7.46. The zero-order valence-corrected chi connectivity index (χ0v) is 19.7. The van der Waals surface area contributed by atoms with E-state index < -0.39 is 0 Å². The molecule has 134 valence electrons. The van der Waals surface area contributed by atoms with Crippen molar-refractivity contribution < 1.29 is 9.53 Å². The van der Waals surface area contributed by atoms with Crippen LogP contribution in [0.15, 0.2) is 40.2 Å². The Balaban J connectivity index is 1.86.